The number of amides is 1. The number of carbonyl (C=O) groups is 1. The Bertz CT molecular complexity index is 858. The van der Waals surface area contributed by atoms with Crippen LogP contribution < -0.4 is 10.7 Å². The molecule has 0 saturated heterocycles. The maximum Gasteiger partial charge on any atom is 0.258 e. The number of nitrogens with one attached hydrogen (secondary N) is 1. The number of hydrogen-bond acceptors (Lipinski definition) is 2. The summed E-state index contributed by atoms with van der Waals surface area (Å²) in [7, 11) is 3.37. The third kappa shape index (κ3) is 1.48. The maximum atomic E-state index is 12.0. The molecule has 19 heavy (non-hydrogen) atoms. The van der Waals surface area contributed by atoms with Crippen molar-refractivity contribution >= 4 is 22.6 Å². The van der Waals surface area contributed by atoms with Crippen molar-refractivity contribution in [2.45, 2.75) is 0 Å². The van der Waals surface area contributed by atoms with Crippen LogP contribution in [0, 0.1) is 0 Å². The Hall–Kier alpha value is -2.56. The number of nitrogens with zero attached hydrogens (tertiary/aromatic N) is 2. The number of carbonyl (C=O) groups excluding carboxylic acids is 1. The van der Waals surface area contributed by atoms with E-state index in [1.807, 2.05) is 40.3 Å². The normalized spacial score (nSPS) is 11.1. The SMILES string of the molecule is CNC(=O)c1c(=O)ccn2c3ccccc3n(C)c12. The van der Waals surface area contributed by atoms with Crippen LogP contribution in [-0.4, -0.2) is 21.9 Å². The number of pyridine rings is 1. The van der Waals surface area contributed by atoms with Gasteiger partial charge in [-0.25, -0.2) is 0 Å². The van der Waals surface area contributed by atoms with Crippen LogP contribution in [0.2, 0.25) is 0 Å². The Morgan fingerprint density at radius 2 is 1.84 bits per heavy atom. The third-order valence-corrected chi connectivity index (χ3v) is 3.35. The molecule has 5 nitrogen and oxygen atoms in total. The van der Waals surface area contributed by atoms with Gasteiger partial charge in [0.2, 0.25) is 0 Å². The molecule has 0 unspecified atom stereocenters. The molecule has 1 aromatic carbocycles. The second kappa shape index (κ2) is 3.98. The Kier molecular flexibility index (Phi) is 2.41. The summed E-state index contributed by atoms with van der Waals surface area (Å²) >= 11 is 0. The van der Waals surface area contributed by atoms with Crippen LogP contribution in [0.4, 0.5) is 0 Å². The van der Waals surface area contributed by atoms with E-state index >= 15 is 0 Å². The van der Waals surface area contributed by atoms with Gasteiger partial charge in [-0.1, -0.05) is 12.1 Å². The molecule has 3 rings (SSSR count). The molecule has 0 fully saturated rings. The first kappa shape index (κ1) is 11.5. The molecule has 1 N–H and O–H groups in total. The van der Waals surface area contributed by atoms with E-state index in [0.29, 0.717) is 5.65 Å². The summed E-state index contributed by atoms with van der Waals surface area (Å²) in [5.74, 6) is -0.367. The summed E-state index contributed by atoms with van der Waals surface area (Å²) in [5.41, 5.74) is 2.44. The van der Waals surface area contributed by atoms with E-state index in [-0.39, 0.29) is 16.9 Å². The van der Waals surface area contributed by atoms with Crippen LogP contribution in [0.15, 0.2) is 41.3 Å². The van der Waals surface area contributed by atoms with E-state index in [4.69, 9.17) is 0 Å². The summed E-state index contributed by atoms with van der Waals surface area (Å²) in [6, 6.07) is 9.20. The highest BCUT2D eigenvalue weighted by atomic mass is 16.2. The van der Waals surface area contributed by atoms with Crippen LogP contribution in [0.5, 0.6) is 0 Å². The summed E-state index contributed by atoms with van der Waals surface area (Å²) in [6.45, 7) is 0. The van der Waals surface area contributed by atoms with E-state index in [0.717, 1.165) is 11.0 Å². The standard InChI is InChI=1S/C14H13N3O2/c1-15-13(19)12-11(18)7-8-17-10-6-4-3-5-9(10)16(2)14(12)17/h3-8H,1-2H3,(H,15,19). The zero-order chi connectivity index (χ0) is 13.6. The molecule has 0 spiro atoms. The van der Waals surface area contributed by atoms with E-state index in [1.54, 1.807) is 6.20 Å². The molecule has 0 bridgehead atoms. The highest BCUT2D eigenvalue weighted by Crippen LogP contribution is 2.20. The number of benzene rings is 1. The Balaban J connectivity index is 2.60. The first-order valence-corrected chi connectivity index (χ1v) is 5.96. The fourth-order valence-corrected chi connectivity index (χ4v) is 2.45. The topological polar surface area (TPSA) is 55.5 Å². The largest absolute Gasteiger partial charge is 0.355 e. The zero-order valence-electron chi connectivity index (χ0n) is 10.7. The van der Waals surface area contributed by atoms with Crippen molar-refractivity contribution in [3.05, 3.63) is 52.3 Å². The number of aryl methyl sites for hydroxylation is 1. The van der Waals surface area contributed by atoms with Crippen LogP contribution in [0.1, 0.15) is 10.4 Å². The smallest absolute Gasteiger partial charge is 0.258 e. The number of fused-ring (bicyclic) bond motifs is 3. The van der Waals surface area contributed by atoms with Gasteiger partial charge in [-0.2, -0.15) is 0 Å². The first-order valence-electron chi connectivity index (χ1n) is 5.96. The third-order valence-electron chi connectivity index (χ3n) is 3.35. The summed E-state index contributed by atoms with van der Waals surface area (Å²) < 4.78 is 3.72. The van der Waals surface area contributed by atoms with Crippen molar-refractivity contribution in [3.8, 4) is 0 Å². The minimum atomic E-state index is -0.367. The van der Waals surface area contributed by atoms with Gasteiger partial charge in [-0.05, 0) is 12.1 Å². The molecule has 2 heterocycles. The lowest BCUT2D eigenvalue weighted by atomic mass is 10.2. The predicted octanol–water partition coefficient (Wildman–Crippen LogP) is 1.15. The Labute approximate surface area is 109 Å². The van der Waals surface area contributed by atoms with E-state index in [2.05, 4.69) is 5.32 Å². The number of aromatic nitrogens is 2. The molecule has 1 amide bonds. The van der Waals surface area contributed by atoms with Crippen molar-refractivity contribution in [1.29, 1.82) is 0 Å². The lowest BCUT2D eigenvalue weighted by Gasteiger charge is -2.04. The van der Waals surface area contributed by atoms with Gasteiger partial charge in [0, 0.05) is 26.4 Å². The van der Waals surface area contributed by atoms with Crippen LogP contribution in [0.25, 0.3) is 16.7 Å². The number of rotatable bonds is 1. The van der Waals surface area contributed by atoms with Crippen molar-refractivity contribution in [1.82, 2.24) is 14.3 Å². The number of hydrogen-bond donors (Lipinski definition) is 1. The highest BCUT2D eigenvalue weighted by Gasteiger charge is 2.18. The lowest BCUT2D eigenvalue weighted by molar-refractivity contribution is 0.0963. The van der Waals surface area contributed by atoms with Crippen molar-refractivity contribution < 1.29 is 4.79 Å². The first-order chi connectivity index (χ1) is 9.15. The molecule has 96 valence electrons. The number of imidazole rings is 1. The molecular weight excluding hydrogens is 242 g/mol. The molecule has 5 heteroatoms. The Morgan fingerprint density at radius 1 is 1.16 bits per heavy atom. The van der Waals surface area contributed by atoms with Crippen LogP contribution in [0.3, 0.4) is 0 Å². The molecule has 3 aromatic rings. The van der Waals surface area contributed by atoms with Crippen molar-refractivity contribution in [2.24, 2.45) is 7.05 Å². The summed E-state index contributed by atoms with van der Waals surface area (Å²) in [5, 5.41) is 2.52. The molecule has 0 radical (unpaired) electrons. The van der Waals surface area contributed by atoms with Gasteiger partial charge in [-0.3, -0.25) is 9.59 Å². The van der Waals surface area contributed by atoms with Gasteiger partial charge < -0.3 is 14.3 Å². The van der Waals surface area contributed by atoms with E-state index in [9.17, 15) is 9.59 Å². The van der Waals surface area contributed by atoms with Gasteiger partial charge >= 0.3 is 0 Å². The molecular formula is C14H13N3O2. The second-order valence-electron chi connectivity index (χ2n) is 4.38. The van der Waals surface area contributed by atoms with Crippen LogP contribution in [-0.2, 0) is 7.05 Å². The van der Waals surface area contributed by atoms with Crippen molar-refractivity contribution in [2.75, 3.05) is 7.05 Å². The van der Waals surface area contributed by atoms with Gasteiger partial charge in [0.1, 0.15) is 11.2 Å². The van der Waals surface area contributed by atoms with Gasteiger partial charge in [-0.15, -0.1) is 0 Å². The minimum absolute atomic E-state index is 0.170. The summed E-state index contributed by atoms with van der Waals surface area (Å²) in [4.78, 5) is 23.9. The molecule has 2 aromatic heterocycles. The maximum absolute atomic E-state index is 12.0. The van der Waals surface area contributed by atoms with Crippen molar-refractivity contribution in [3.63, 3.8) is 0 Å². The average molecular weight is 255 g/mol. The average Bonchev–Trinajstić information content (AvgIpc) is 2.72. The van der Waals surface area contributed by atoms with E-state index in [1.165, 1.54) is 13.1 Å². The fraction of sp³-hybridized carbons (Fsp3) is 0.143. The molecule has 0 saturated carbocycles. The quantitative estimate of drug-likeness (QED) is 0.709. The van der Waals surface area contributed by atoms with Gasteiger partial charge in [0.15, 0.2) is 5.43 Å². The van der Waals surface area contributed by atoms with Gasteiger partial charge in [0.25, 0.3) is 5.91 Å². The molecule has 0 aliphatic rings. The minimum Gasteiger partial charge on any atom is -0.355 e. The van der Waals surface area contributed by atoms with Crippen LogP contribution >= 0.6 is 0 Å². The van der Waals surface area contributed by atoms with Gasteiger partial charge in [0.05, 0.1) is 11.0 Å². The second-order valence-corrected chi connectivity index (χ2v) is 4.38. The van der Waals surface area contributed by atoms with E-state index < -0.39 is 0 Å². The number of para-hydroxylation sites is 2. The lowest BCUT2D eigenvalue weighted by Crippen LogP contribution is -2.26. The monoisotopic (exact) mass is 255 g/mol. The zero-order valence-corrected chi connectivity index (χ0v) is 10.7. The highest BCUT2D eigenvalue weighted by molar-refractivity contribution is 6.01. The molecule has 0 aliphatic heterocycles. The fourth-order valence-electron chi connectivity index (χ4n) is 2.45. The molecule has 0 aliphatic carbocycles. The predicted molar refractivity (Wildman–Crippen MR) is 73.5 cm³/mol. The molecule has 0 atom stereocenters. The summed E-state index contributed by atoms with van der Waals surface area (Å²) in [6.07, 6.45) is 1.70. The Morgan fingerprint density at radius 3 is 2.53 bits per heavy atom.